The van der Waals surface area contributed by atoms with Crippen LogP contribution in [0.1, 0.15) is 28.8 Å². The zero-order chi connectivity index (χ0) is 15.9. The minimum absolute atomic E-state index is 0.181. The number of aromatic nitrogens is 2. The lowest BCUT2D eigenvalue weighted by molar-refractivity contribution is 0.0950. The third kappa shape index (κ3) is 4.50. The van der Waals surface area contributed by atoms with Gasteiger partial charge in [0.15, 0.2) is 0 Å². The molecule has 1 aliphatic heterocycles. The number of carbonyl (C=O) groups excluding carboxylic acids is 1. The molecule has 2 aromatic rings. The van der Waals surface area contributed by atoms with E-state index < -0.39 is 0 Å². The van der Waals surface area contributed by atoms with E-state index in [1.54, 1.807) is 0 Å². The van der Waals surface area contributed by atoms with Crippen molar-refractivity contribution in [2.75, 3.05) is 18.5 Å². The van der Waals surface area contributed by atoms with Crippen LogP contribution in [0.2, 0.25) is 0 Å². The highest BCUT2D eigenvalue weighted by Gasteiger charge is 2.15. The van der Waals surface area contributed by atoms with E-state index in [1.807, 2.05) is 30.3 Å². The molecule has 23 heavy (non-hydrogen) atoms. The van der Waals surface area contributed by atoms with Gasteiger partial charge < -0.3 is 15.4 Å². The normalized spacial score (nSPS) is 17.0. The summed E-state index contributed by atoms with van der Waals surface area (Å²) in [6.07, 6.45) is 5.46. The standard InChI is InChI=1S/C17H20N4O2/c22-16(18-9-13-5-2-1-3-6-13)14-10-19-17(20-11-14)21-12-15-7-4-8-23-15/h1-3,5-6,10-11,15H,4,7-9,12H2,(H,18,22)(H,19,20,21). The van der Waals surface area contributed by atoms with Crippen molar-refractivity contribution in [1.29, 1.82) is 0 Å². The van der Waals surface area contributed by atoms with Crippen LogP contribution in [0, 0.1) is 0 Å². The smallest absolute Gasteiger partial charge is 0.254 e. The van der Waals surface area contributed by atoms with Crippen molar-refractivity contribution in [1.82, 2.24) is 15.3 Å². The molecule has 2 N–H and O–H groups in total. The Kier molecular flexibility index (Phi) is 5.16. The first kappa shape index (κ1) is 15.4. The summed E-state index contributed by atoms with van der Waals surface area (Å²) in [6, 6.07) is 9.77. The second-order valence-corrected chi connectivity index (χ2v) is 5.48. The SMILES string of the molecule is O=C(NCc1ccccc1)c1cnc(NCC2CCCO2)nc1. The molecule has 0 aliphatic carbocycles. The van der Waals surface area contributed by atoms with Gasteiger partial charge in [-0.2, -0.15) is 0 Å². The molecule has 1 aliphatic rings. The van der Waals surface area contributed by atoms with Gasteiger partial charge in [-0.1, -0.05) is 30.3 Å². The van der Waals surface area contributed by atoms with Gasteiger partial charge in [-0.3, -0.25) is 4.79 Å². The van der Waals surface area contributed by atoms with Crippen LogP contribution in [0.4, 0.5) is 5.95 Å². The fourth-order valence-corrected chi connectivity index (χ4v) is 2.43. The Balaban J connectivity index is 1.48. The fourth-order valence-electron chi connectivity index (χ4n) is 2.43. The number of nitrogens with one attached hydrogen (secondary N) is 2. The van der Waals surface area contributed by atoms with Crippen LogP contribution < -0.4 is 10.6 Å². The lowest BCUT2D eigenvalue weighted by Crippen LogP contribution is -2.23. The molecule has 120 valence electrons. The van der Waals surface area contributed by atoms with Crippen LogP contribution in [0.25, 0.3) is 0 Å². The molecule has 3 rings (SSSR count). The number of ether oxygens (including phenoxy) is 1. The van der Waals surface area contributed by atoms with Gasteiger partial charge in [0.25, 0.3) is 5.91 Å². The van der Waals surface area contributed by atoms with E-state index in [0.29, 0.717) is 24.6 Å². The fraction of sp³-hybridized carbons (Fsp3) is 0.353. The Hall–Kier alpha value is -2.47. The van der Waals surface area contributed by atoms with E-state index in [1.165, 1.54) is 12.4 Å². The molecule has 2 heterocycles. The number of anilines is 1. The van der Waals surface area contributed by atoms with Gasteiger partial charge in [0.1, 0.15) is 0 Å². The van der Waals surface area contributed by atoms with Crippen molar-refractivity contribution < 1.29 is 9.53 Å². The summed E-state index contributed by atoms with van der Waals surface area (Å²) in [5.41, 5.74) is 1.50. The molecule has 0 bridgehead atoms. The van der Waals surface area contributed by atoms with Crippen molar-refractivity contribution in [2.45, 2.75) is 25.5 Å². The lowest BCUT2D eigenvalue weighted by Gasteiger charge is -2.10. The van der Waals surface area contributed by atoms with E-state index in [-0.39, 0.29) is 12.0 Å². The Bertz CT molecular complexity index is 625. The molecule has 0 saturated carbocycles. The molecule has 0 radical (unpaired) electrons. The predicted octanol–water partition coefficient (Wildman–Crippen LogP) is 2.00. The molecule has 1 amide bonds. The monoisotopic (exact) mass is 312 g/mol. The summed E-state index contributed by atoms with van der Waals surface area (Å²) in [5, 5.41) is 5.98. The summed E-state index contributed by atoms with van der Waals surface area (Å²) < 4.78 is 5.53. The average molecular weight is 312 g/mol. The molecule has 1 unspecified atom stereocenters. The minimum atomic E-state index is -0.181. The van der Waals surface area contributed by atoms with Gasteiger partial charge in [0, 0.05) is 32.1 Å². The first-order valence-corrected chi connectivity index (χ1v) is 7.81. The quantitative estimate of drug-likeness (QED) is 0.853. The molecule has 0 spiro atoms. The van der Waals surface area contributed by atoms with Gasteiger partial charge >= 0.3 is 0 Å². The summed E-state index contributed by atoms with van der Waals surface area (Å²) in [5.74, 6) is 0.333. The van der Waals surface area contributed by atoms with Crippen LogP contribution in [-0.2, 0) is 11.3 Å². The van der Waals surface area contributed by atoms with Crippen molar-refractivity contribution >= 4 is 11.9 Å². The molecule has 1 fully saturated rings. The Morgan fingerprint density at radius 3 is 2.70 bits per heavy atom. The summed E-state index contributed by atoms with van der Waals surface area (Å²) in [4.78, 5) is 20.4. The maximum atomic E-state index is 12.1. The zero-order valence-corrected chi connectivity index (χ0v) is 12.9. The highest BCUT2D eigenvalue weighted by Crippen LogP contribution is 2.12. The number of rotatable bonds is 6. The number of carbonyl (C=O) groups is 1. The van der Waals surface area contributed by atoms with Crippen LogP contribution in [0.3, 0.4) is 0 Å². The zero-order valence-electron chi connectivity index (χ0n) is 12.9. The third-order valence-corrected chi connectivity index (χ3v) is 3.72. The van der Waals surface area contributed by atoms with Crippen LogP contribution in [0.15, 0.2) is 42.7 Å². The van der Waals surface area contributed by atoms with E-state index >= 15 is 0 Å². The van der Waals surface area contributed by atoms with Crippen molar-refractivity contribution in [3.8, 4) is 0 Å². The number of hydrogen-bond donors (Lipinski definition) is 2. The Morgan fingerprint density at radius 2 is 2.00 bits per heavy atom. The first-order chi connectivity index (χ1) is 11.3. The van der Waals surface area contributed by atoms with Crippen molar-refractivity contribution in [3.63, 3.8) is 0 Å². The first-order valence-electron chi connectivity index (χ1n) is 7.81. The van der Waals surface area contributed by atoms with Gasteiger partial charge in [-0.15, -0.1) is 0 Å². The largest absolute Gasteiger partial charge is 0.376 e. The molecule has 6 nitrogen and oxygen atoms in total. The Labute approximate surface area is 135 Å². The Morgan fingerprint density at radius 1 is 1.22 bits per heavy atom. The highest BCUT2D eigenvalue weighted by atomic mass is 16.5. The second kappa shape index (κ2) is 7.69. The molecule has 1 aromatic heterocycles. The highest BCUT2D eigenvalue weighted by molar-refractivity contribution is 5.93. The molecular formula is C17H20N4O2. The van der Waals surface area contributed by atoms with E-state index in [4.69, 9.17) is 4.74 Å². The molecular weight excluding hydrogens is 292 g/mol. The number of amides is 1. The van der Waals surface area contributed by atoms with Gasteiger partial charge in [0.2, 0.25) is 5.95 Å². The molecule has 6 heteroatoms. The van der Waals surface area contributed by atoms with Crippen LogP contribution >= 0.6 is 0 Å². The van der Waals surface area contributed by atoms with Crippen molar-refractivity contribution in [3.05, 3.63) is 53.9 Å². The molecule has 1 saturated heterocycles. The topological polar surface area (TPSA) is 76.1 Å². The van der Waals surface area contributed by atoms with Crippen LogP contribution in [-0.4, -0.2) is 35.1 Å². The number of hydrogen-bond acceptors (Lipinski definition) is 5. The molecule has 1 atom stereocenters. The van der Waals surface area contributed by atoms with E-state index in [2.05, 4.69) is 20.6 Å². The van der Waals surface area contributed by atoms with Gasteiger partial charge in [0.05, 0.1) is 11.7 Å². The summed E-state index contributed by atoms with van der Waals surface area (Å²) in [6.45, 7) is 2.01. The van der Waals surface area contributed by atoms with Crippen molar-refractivity contribution in [2.24, 2.45) is 0 Å². The predicted molar refractivity (Wildman–Crippen MR) is 87.1 cm³/mol. The minimum Gasteiger partial charge on any atom is -0.376 e. The lowest BCUT2D eigenvalue weighted by atomic mass is 10.2. The van der Waals surface area contributed by atoms with E-state index in [9.17, 15) is 4.79 Å². The average Bonchev–Trinajstić information content (AvgIpc) is 3.13. The third-order valence-electron chi connectivity index (χ3n) is 3.72. The second-order valence-electron chi connectivity index (χ2n) is 5.48. The maximum Gasteiger partial charge on any atom is 0.254 e. The molecule has 1 aromatic carbocycles. The van der Waals surface area contributed by atoms with Gasteiger partial charge in [-0.25, -0.2) is 9.97 Å². The summed E-state index contributed by atoms with van der Waals surface area (Å²) >= 11 is 0. The number of nitrogens with zero attached hydrogens (tertiary/aromatic N) is 2. The van der Waals surface area contributed by atoms with Crippen LogP contribution in [0.5, 0.6) is 0 Å². The number of benzene rings is 1. The summed E-state index contributed by atoms with van der Waals surface area (Å²) in [7, 11) is 0. The van der Waals surface area contributed by atoms with Gasteiger partial charge in [-0.05, 0) is 18.4 Å². The maximum absolute atomic E-state index is 12.1. The van der Waals surface area contributed by atoms with E-state index in [0.717, 1.165) is 25.0 Å².